The molecule has 1 aromatic heterocycles. The fourth-order valence-electron chi connectivity index (χ4n) is 1.67. The second-order valence-electron chi connectivity index (χ2n) is 4.11. The van der Waals surface area contributed by atoms with Crippen molar-refractivity contribution in [1.29, 1.82) is 0 Å². The van der Waals surface area contributed by atoms with Crippen molar-refractivity contribution < 1.29 is 24.9 Å². The number of aromatic carboxylic acids is 1. The van der Waals surface area contributed by atoms with Crippen LogP contribution in [-0.2, 0) is 0 Å². The van der Waals surface area contributed by atoms with Crippen molar-refractivity contribution in [3.63, 3.8) is 0 Å². The third kappa shape index (κ3) is 3.18. The van der Waals surface area contributed by atoms with Crippen LogP contribution in [0.5, 0.6) is 11.6 Å². The van der Waals surface area contributed by atoms with Crippen LogP contribution in [0.2, 0.25) is 0 Å². The molecular weight excluding hydrogens is 280 g/mol. The number of aromatic nitrogens is 1. The van der Waals surface area contributed by atoms with Gasteiger partial charge in [0.05, 0.1) is 16.8 Å². The van der Waals surface area contributed by atoms with Crippen molar-refractivity contribution in [2.75, 3.05) is 5.32 Å². The maximum absolute atomic E-state index is 11.9. The summed E-state index contributed by atoms with van der Waals surface area (Å²) in [5, 5.41) is 29.8. The Balaban J connectivity index is 2.36. The number of phenols is 1. The van der Waals surface area contributed by atoms with E-state index >= 15 is 0 Å². The summed E-state index contributed by atoms with van der Waals surface area (Å²) in [6, 6.07) is 5.38. The first-order valence-corrected chi connectivity index (χ1v) is 5.68. The number of aromatic hydroxyl groups is 2. The van der Waals surface area contributed by atoms with Gasteiger partial charge in [-0.2, -0.15) is 0 Å². The van der Waals surface area contributed by atoms with E-state index < -0.39 is 23.3 Å². The summed E-state index contributed by atoms with van der Waals surface area (Å²) in [4.78, 5) is 36.2. The van der Waals surface area contributed by atoms with E-state index in [0.29, 0.717) is 0 Å². The average Bonchev–Trinajstić information content (AvgIpc) is 2.39. The molecule has 0 atom stereocenters. The van der Waals surface area contributed by atoms with Crippen LogP contribution in [0.3, 0.4) is 0 Å². The average molecular weight is 290 g/mol. The van der Waals surface area contributed by atoms with Gasteiger partial charge in [0.15, 0.2) is 5.88 Å². The number of nitrogens with one attached hydrogen (secondary N) is 2. The quantitative estimate of drug-likeness (QED) is 0.528. The number of benzene rings is 1. The largest absolute Gasteiger partial charge is 0.508 e. The molecule has 5 N–H and O–H groups in total. The van der Waals surface area contributed by atoms with Gasteiger partial charge in [-0.05, 0) is 18.2 Å². The second kappa shape index (κ2) is 5.37. The Labute approximate surface area is 117 Å². The van der Waals surface area contributed by atoms with Crippen molar-refractivity contribution in [3.05, 3.63) is 51.8 Å². The Morgan fingerprint density at radius 2 is 1.81 bits per heavy atom. The summed E-state index contributed by atoms with van der Waals surface area (Å²) in [7, 11) is 0. The Morgan fingerprint density at radius 3 is 2.43 bits per heavy atom. The Bertz CT molecular complexity index is 780. The van der Waals surface area contributed by atoms with Crippen molar-refractivity contribution in [1.82, 2.24) is 4.98 Å². The van der Waals surface area contributed by atoms with E-state index in [1.165, 1.54) is 12.1 Å². The molecule has 0 bridgehead atoms. The van der Waals surface area contributed by atoms with Crippen LogP contribution < -0.4 is 10.9 Å². The number of carboxylic acids is 1. The molecule has 21 heavy (non-hydrogen) atoms. The molecule has 0 saturated heterocycles. The van der Waals surface area contributed by atoms with E-state index in [-0.39, 0.29) is 22.6 Å². The maximum atomic E-state index is 11.9. The van der Waals surface area contributed by atoms with Gasteiger partial charge in [0.2, 0.25) is 0 Å². The zero-order valence-electron chi connectivity index (χ0n) is 10.5. The minimum atomic E-state index is -1.34. The summed E-state index contributed by atoms with van der Waals surface area (Å²) in [5.41, 5.74) is -1.17. The van der Waals surface area contributed by atoms with Crippen molar-refractivity contribution in [2.45, 2.75) is 0 Å². The van der Waals surface area contributed by atoms with Crippen molar-refractivity contribution in [3.8, 4) is 11.6 Å². The normalized spacial score (nSPS) is 10.1. The third-order valence-electron chi connectivity index (χ3n) is 2.57. The summed E-state index contributed by atoms with van der Waals surface area (Å²) >= 11 is 0. The van der Waals surface area contributed by atoms with Crippen LogP contribution in [0.4, 0.5) is 5.69 Å². The molecule has 2 aromatic rings. The molecule has 1 aromatic carbocycles. The fraction of sp³-hybridized carbons (Fsp3) is 0. The van der Waals surface area contributed by atoms with Gasteiger partial charge in [0.25, 0.3) is 11.5 Å². The number of H-pyrrole nitrogens is 1. The first-order valence-electron chi connectivity index (χ1n) is 5.68. The van der Waals surface area contributed by atoms with Gasteiger partial charge in [-0.25, -0.2) is 4.79 Å². The van der Waals surface area contributed by atoms with Gasteiger partial charge >= 0.3 is 5.97 Å². The zero-order chi connectivity index (χ0) is 15.6. The van der Waals surface area contributed by atoms with Gasteiger partial charge < -0.3 is 20.6 Å². The van der Waals surface area contributed by atoms with Gasteiger partial charge in [-0.3, -0.25) is 14.6 Å². The third-order valence-corrected chi connectivity index (χ3v) is 2.57. The lowest BCUT2D eigenvalue weighted by atomic mass is 10.1. The number of aromatic amines is 1. The van der Waals surface area contributed by atoms with E-state index in [9.17, 15) is 24.6 Å². The standard InChI is InChI=1S/C13H10N2O6/c16-7-1-2-9(8(5-7)13(20)21)14-12(19)6-3-10(17)15-11(18)4-6/h1-5,16H,(H,14,19)(H,20,21)(H2,15,17,18). The van der Waals surface area contributed by atoms with E-state index in [2.05, 4.69) is 10.3 Å². The van der Waals surface area contributed by atoms with Crippen molar-refractivity contribution in [2.24, 2.45) is 0 Å². The highest BCUT2D eigenvalue weighted by Gasteiger charge is 2.15. The summed E-state index contributed by atoms with van der Waals surface area (Å²) in [6.45, 7) is 0. The van der Waals surface area contributed by atoms with Crippen LogP contribution in [-0.4, -0.2) is 32.2 Å². The Hall–Kier alpha value is -3.29. The molecule has 0 saturated carbocycles. The molecule has 108 valence electrons. The van der Waals surface area contributed by atoms with Crippen LogP contribution >= 0.6 is 0 Å². The van der Waals surface area contributed by atoms with Gasteiger partial charge in [0.1, 0.15) is 5.75 Å². The summed E-state index contributed by atoms with van der Waals surface area (Å²) < 4.78 is 0. The summed E-state index contributed by atoms with van der Waals surface area (Å²) in [5.74, 6) is -2.87. The van der Waals surface area contributed by atoms with Crippen LogP contribution in [0, 0.1) is 0 Å². The van der Waals surface area contributed by atoms with Gasteiger partial charge in [-0.1, -0.05) is 0 Å². The number of anilines is 1. The number of hydrogen-bond acceptors (Lipinski definition) is 5. The summed E-state index contributed by atoms with van der Waals surface area (Å²) in [6.07, 6.45) is 0. The number of hydrogen-bond donors (Lipinski definition) is 5. The van der Waals surface area contributed by atoms with E-state index in [4.69, 9.17) is 5.11 Å². The number of amides is 1. The van der Waals surface area contributed by atoms with Gasteiger partial charge in [0, 0.05) is 12.1 Å². The number of phenolic OH excluding ortho intramolecular Hbond substituents is 1. The number of carboxylic acid groups (broad SMARTS) is 1. The minimum absolute atomic E-state index is 0.0509. The van der Waals surface area contributed by atoms with E-state index in [1.54, 1.807) is 0 Å². The lowest BCUT2D eigenvalue weighted by molar-refractivity contribution is 0.0697. The SMILES string of the molecule is O=C(Nc1ccc(O)cc1C(=O)O)c1cc(O)[nH]c(=O)c1. The number of pyridine rings is 1. The topological polar surface area (TPSA) is 140 Å². The molecule has 0 aliphatic rings. The molecule has 2 rings (SSSR count). The Morgan fingerprint density at radius 1 is 1.10 bits per heavy atom. The van der Waals surface area contributed by atoms with Gasteiger partial charge in [-0.15, -0.1) is 0 Å². The van der Waals surface area contributed by atoms with Crippen LogP contribution in [0.15, 0.2) is 35.1 Å². The Kier molecular flexibility index (Phi) is 3.61. The smallest absolute Gasteiger partial charge is 0.337 e. The van der Waals surface area contributed by atoms with E-state index in [1.807, 2.05) is 0 Å². The monoisotopic (exact) mass is 290 g/mol. The lowest BCUT2D eigenvalue weighted by Gasteiger charge is -2.09. The molecule has 1 amide bonds. The highest BCUT2D eigenvalue weighted by molar-refractivity contribution is 6.07. The molecule has 0 unspecified atom stereocenters. The first-order chi connectivity index (χ1) is 9.86. The molecule has 0 aliphatic heterocycles. The molecule has 8 heteroatoms. The molecule has 0 radical (unpaired) electrons. The predicted molar refractivity (Wildman–Crippen MR) is 71.7 cm³/mol. The molecular formula is C13H10N2O6. The van der Waals surface area contributed by atoms with Crippen LogP contribution in [0.1, 0.15) is 20.7 Å². The zero-order valence-corrected chi connectivity index (χ0v) is 10.5. The molecule has 0 spiro atoms. The predicted octanol–water partition coefficient (Wildman–Crippen LogP) is 0.737. The second-order valence-corrected chi connectivity index (χ2v) is 4.11. The maximum Gasteiger partial charge on any atom is 0.337 e. The first kappa shape index (κ1) is 14.1. The molecule has 8 nitrogen and oxygen atoms in total. The lowest BCUT2D eigenvalue weighted by Crippen LogP contribution is -2.17. The fourth-order valence-corrected chi connectivity index (χ4v) is 1.67. The van der Waals surface area contributed by atoms with Crippen LogP contribution in [0.25, 0.3) is 0 Å². The highest BCUT2D eigenvalue weighted by atomic mass is 16.4. The minimum Gasteiger partial charge on any atom is -0.508 e. The number of rotatable bonds is 3. The molecule has 0 fully saturated rings. The number of carbonyl (C=O) groups is 2. The highest BCUT2D eigenvalue weighted by Crippen LogP contribution is 2.22. The molecule has 0 aliphatic carbocycles. The number of carbonyl (C=O) groups excluding carboxylic acids is 1. The van der Waals surface area contributed by atoms with E-state index in [0.717, 1.165) is 18.2 Å². The molecule has 1 heterocycles. The van der Waals surface area contributed by atoms with Crippen molar-refractivity contribution >= 4 is 17.6 Å².